The van der Waals surface area contributed by atoms with E-state index in [1.807, 2.05) is 55.5 Å². The number of hydrogen-bond acceptors (Lipinski definition) is 22. The molecule has 4 aromatic carbocycles. The lowest BCUT2D eigenvalue weighted by atomic mass is 9.95. The van der Waals surface area contributed by atoms with E-state index < -0.39 is 82.7 Å². The van der Waals surface area contributed by atoms with Gasteiger partial charge in [-0.2, -0.15) is 0 Å². The van der Waals surface area contributed by atoms with Gasteiger partial charge in [0, 0.05) is 29.5 Å². The number of imidazole rings is 2. The molecule has 0 unspecified atom stereocenters. The first-order chi connectivity index (χ1) is 41.6. The zero-order valence-electron chi connectivity index (χ0n) is 45.3. The molecule has 0 saturated carbocycles. The number of aromatic nitrogens is 10. The molecule has 25 nitrogen and oxygen atoms in total. The lowest BCUT2D eigenvalue weighted by molar-refractivity contribution is -0.118. The van der Waals surface area contributed by atoms with Crippen LogP contribution in [0.4, 0.5) is 26.0 Å². The first-order valence-electron chi connectivity index (χ1n) is 27.0. The summed E-state index contributed by atoms with van der Waals surface area (Å²) in [6.07, 6.45) is -8.46. The first-order valence-corrected chi connectivity index (χ1v) is 31.7. The number of alkyl halides is 2. The van der Waals surface area contributed by atoms with Crippen molar-refractivity contribution in [2.75, 3.05) is 36.2 Å². The monoisotopic (exact) mass is 1230 g/mol. The van der Waals surface area contributed by atoms with E-state index in [-0.39, 0.29) is 63.4 Å². The van der Waals surface area contributed by atoms with Crippen LogP contribution in [0.2, 0.25) is 0 Å². The fraction of sp³-hybridized carbons (Fsp3) is 0.291. The number of amides is 1. The summed E-state index contributed by atoms with van der Waals surface area (Å²) in [4.78, 5) is 49.4. The molecular formula is C55H50BF2N13O12P2S. The van der Waals surface area contributed by atoms with E-state index in [1.165, 1.54) is 46.2 Å². The number of carbonyl (C=O) groups excluding carboxylic acids is 2. The predicted octanol–water partition coefficient (Wildman–Crippen LogP) is 8.52. The maximum atomic E-state index is 17.0. The van der Waals surface area contributed by atoms with Crippen molar-refractivity contribution in [2.45, 2.75) is 81.4 Å². The highest BCUT2D eigenvalue weighted by Gasteiger charge is 2.55. The van der Waals surface area contributed by atoms with Gasteiger partial charge in [-0.15, -0.1) is 5.10 Å². The number of hydrogen-bond donors (Lipinski definition) is 2. The number of para-hydroxylation sites is 1. The van der Waals surface area contributed by atoms with Crippen molar-refractivity contribution in [1.82, 2.24) is 49.0 Å². The smallest absolute Gasteiger partial charge is 0.389 e. The van der Waals surface area contributed by atoms with Gasteiger partial charge in [0.1, 0.15) is 65.6 Å². The first kappa shape index (κ1) is 57.1. The van der Waals surface area contributed by atoms with Crippen LogP contribution in [0.15, 0.2) is 128 Å². The molecule has 2 radical (unpaired) electrons. The Bertz CT molecular complexity index is 4150. The van der Waals surface area contributed by atoms with Crippen molar-refractivity contribution in [3.63, 3.8) is 0 Å². The summed E-state index contributed by atoms with van der Waals surface area (Å²) < 4.78 is 115. The number of carbonyl (C=O) groups is 2. The van der Waals surface area contributed by atoms with Crippen molar-refractivity contribution >= 4 is 84.6 Å². The van der Waals surface area contributed by atoms with E-state index in [9.17, 15) is 14.2 Å². The molecule has 9 heterocycles. The molecule has 4 aliphatic heterocycles. The molecule has 9 aromatic rings. The molecule has 10 atom stereocenters. The molecule has 4 aliphatic rings. The Morgan fingerprint density at radius 2 is 1.43 bits per heavy atom. The van der Waals surface area contributed by atoms with Crippen LogP contribution in [0.3, 0.4) is 0 Å². The Hall–Kier alpha value is -7.98. The molecular weight excluding hydrogens is 1180 g/mol. The number of nitrogens with two attached hydrogens (primary N) is 2. The number of anilines is 3. The highest BCUT2D eigenvalue weighted by atomic mass is 32.7. The van der Waals surface area contributed by atoms with Crippen molar-refractivity contribution in [2.24, 2.45) is 0 Å². The van der Waals surface area contributed by atoms with Crippen molar-refractivity contribution in [3.8, 4) is 34.0 Å². The Kier molecular flexibility index (Phi) is 15.5. The molecule has 31 heteroatoms. The minimum atomic E-state index is -4.73. The molecule has 13 rings (SSSR count). The molecule has 3 fully saturated rings. The molecule has 4 N–H and O–H groups in total. The average molecular weight is 1230 g/mol. The van der Waals surface area contributed by atoms with E-state index >= 15 is 13.3 Å². The summed E-state index contributed by atoms with van der Waals surface area (Å²) >= 11 is 0.665. The van der Waals surface area contributed by atoms with Crippen LogP contribution < -0.4 is 25.8 Å². The number of esters is 1. The van der Waals surface area contributed by atoms with E-state index in [1.54, 1.807) is 46.0 Å². The maximum Gasteiger partial charge on any atom is 0.389 e. The zero-order chi connectivity index (χ0) is 59.4. The SMILES string of the molecule is [B][P@]1(=O)OC[C@H]2O[C@@H](n3cnc4c(N)ccnc43)[C@H](F)[C@@H]2O[P@@](=O)(SCc2ccc(OC(=O)c3ccc(OCCn4nnc5c4-c4ccccc4N(C(=O)CC)Cc4ccccc4-5)cc3)cc2)OC[C@H]2O[C@@H](n3cnc4c(N)ncnc43)[C@H](F)[C@@H]2O1. The van der Waals surface area contributed by atoms with Gasteiger partial charge in [0.2, 0.25) is 13.5 Å². The number of nitrogens with zero attached hydrogens (tertiary/aromatic N) is 11. The Labute approximate surface area is 492 Å². The third-order valence-electron chi connectivity index (χ3n) is 14.9. The minimum Gasteiger partial charge on any atom is -0.492 e. The molecule has 0 bridgehead atoms. The average Bonchev–Trinajstić information content (AvgIpc) is 2.70. The molecule has 1 amide bonds. The Morgan fingerprint density at radius 3 is 2.17 bits per heavy atom. The highest BCUT2D eigenvalue weighted by Crippen LogP contribution is 2.65. The second-order valence-electron chi connectivity index (χ2n) is 20.2. The third-order valence-corrected chi connectivity index (χ3v) is 19.6. The van der Waals surface area contributed by atoms with Crippen LogP contribution in [0.1, 0.15) is 47.3 Å². The van der Waals surface area contributed by atoms with Crippen LogP contribution in [-0.2, 0) is 60.3 Å². The Balaban J connectivity index is 0.689. The quantitative estimate of drug-likeness (QED) is 0.0501. The van der Waals surface area contributed by atoms with Crippen molar-refractivity contribution in [3.05, 3.63) is 145 Å². The molecule has 3 saturated heterocycles. The van der Waals surface area contributed by atoms with Crippen LogP contribution >= 0.6 is 25.7 Å². The van der Waals surface area contributed by atoms with E-state index in [4.69, 9.17) is 56.1 Å². The van der Waals surface area contributed by atoms with Gasteiger partial charge in [-0.05, 0) is 71.0 Å². The fourth-order valence-corrected chi connectivity index (χ4v) is 15.0. The van der Waals surface area contributed by atoms with Crippen molar-refractivity contribution in [1.29, 1.82) is 0 Å². The van der Waals surface area contributed by atoms with Gasteiger partial charge < -0.3 is 44.4 Å². The highest BCUT2D eigenvalue weighted by molar-refractivity contribution is 8.54. The van der Waals surface area contributed by atoms with Gasteiger partial charge >= 0.3 is 12.8 Å². The molecule has 5 aromatic heterocycles. The molecule has 0 spiro atoms. The summed E-state index contributed by atoms with van der Waals surface area (Å²) in [5.41, 5.74) is 18.6. The normalized spacial score (nSPS) is 25.6. The second-order valence-corrected chi connectivity index (χ2v) is 25.8. The molecule has 86 heavy (non-hydrogen) atoms. The van der Waals surface area contributed by atoms with Gasteiger partial charge in [-0.1, -0.05) is 66.7 Å². The van der Waals surface area contributed by atoms with Crippen LogP contribution in [0, 0.1) is 0 Å². The van der Waals surface area contributed by atoms with Gasteiger partial charge in [-0.3, -0.25) is 27.5 Å². The summed E-state index contributed by atoms with van der Waals surface area (Å²) in [6, 6.07) is 29.8. The molecule has 440 valence electrons. The van der Waals surface area contributed by atoms with E-state index in [0.717, 1.165) is 34.4 Å². The summed E-state index contributed by atoms with van der Waals surface area (Å²) in [7, 11) is 1.34. The van der Waals surface area contributed by atoms with Gasteiger partial charge in [0.05, 0.1) is 61.6 Å². The number of pyridine rings is 1. The topological polar surface area (TPSA) is 302 Å². The fourth-order valence-electron chi connectivity index (χ4n) is 10.6. The summed E-state index contributed by atoms with van der Waals surface area (Å²) in [5.74, 6) is -0.0807. The third kappa shape index (κ3) is 11.0. The van der Waals surface area contributed by atoms with Gasteiger partial charge in [0.25, 0.3) is 7.47 Å². The standard InChI is InChI=1S/C55H50BF2N13O12P2S/c1-2-41(72)68-23-32-7-3-4-8-35(32)44-47(36-9-5-6-10-38(36)68)71(67-66-44)21-22-76-33-17-13-31(14-18-33)55(73)79-34-15-11-30(12-16-34)26-86-85(75)78-25-40-48(42(57)53(81-40)70-29-65-46-50(60)62-27-63-52(46)70)82-84(56,74)77-24-39-49(83-85)43(58)54(80-39)69-28-64-45-37(59)19-20-61-51(45)69/h3-20,27-29,39-40,42-43,48-49,53-54H,2,21-26H2,1H3,(H2,59,61)(H2,60,62,63)/t39-,40-,42-,43-,48-,49-,53-,54-,84+,85+/m1/s1. The van der Waals surface area contributed by atoms with E-state index in [0.29, 0.717) is 47.9 Å². The van der Waals surface area contributed by atoms with Gasteiger partial charge in [-0.25, -0.2) is 47.7 Å². The number of benzene rings is 4. The minimum absolute atomic E-state index is 0.0103. The summed E-state index contributed by atoms with van der Waals surface area (Å²) in [5, 5.41) is 9.15. The lowest BCUT2D eigenvalue weighted by Crippen LogP contribution is -2.37. The van der Waals surface area contributed by atoms with Crippen molar-refractivity contribution < 1.29 is 64.5 Å². The maximum absolute atomic E-state index is 17.0. The number of rotatable bonds is 12. The number of ether oxygens (including phenoxy) is 4. The predicted molar refractivity (Wildman–Crippen MR) is 309 cm³/mol. The van der Waals surface area contributed by atoms with Crippen LogP contribution in [-0.4, -0.2) is 125 Å². The number of nitrogen functional groups attached to an aromatic ring is 2. The van der Waals surface area contributed by atoms with E-state index in [2.05, 4.69) is 35.2 Å². The van der Waals surface area contributed by atoms with Crippen LogP contribution in [0.5, 0.6) is 11.5 Å². The lowest BCUT2D eigenvalue weighted by Gasteiger charge is -2.30. The zero-order valence-corrected chi connectivity index (χ0v) is 47.9. The largest absolute Gasteiger partial charge is 0.492 e. The Morgan fingerprint density at radius 1 is 0.767 bits per heavy atom. The summed E-state index contributed by atoms with van der Waals surface area (Å²) in [6.45, 7) is -3.36. The van der Waals surface area contributed by atoms with Crippen LogP contribution in [0.25, 0.3) is 44.8 Å². The number of fused-ring (bicyclic) bond motifs is 9. The second kappa shape index (κ2) is 23.4. The van der Waals surface area contributed by atoms with Gasteiger partial charge in [0.15, 0.2) is 41.9 Å². The number of halogens is 2. The molecule has 0 aliphatic carbocycles.